The first-order chi connectivity index (χ1) is 9.49. The van der Waals surface area contributed by atoms with Crippen LogP contribution in [-0.4, -0.2) is 33.6 Å². The van der Waals surface area contributed by atoms with Crippen molar-refractivity contribution in [2.45, 2.75) is 38.6 Å². The van der Waals surface area contributed by atoms with E-state index in [1.807, 2.05) is 4.90 Å². The van der Waals surface area contributed by atoms with Gasteiger partial charge in [0.1, 0.15) is 11.5 Å². The van der Waals surface area contributed by atoms with E-state index in [1.54, 1.807) is 13.0 Å². The Balaban J connectivity index is 2.26. The molecule has 1 aromatic heterocycles. The van der Waals surface area contributed by atoms with Crippen LogP contribution < -0.4 is 4.90 Å². The number of anilines is 1. The number of carboxylic acids is 1. The topological polar surface area (TPSA) is 96.6 Å². The van der Waals surface area contributed by atoms with Crippen molar-refractivity contribution in [1.82, 2.24) is 4.98 Å². The number of nitro groups is 1. The van der Waals surface area contributed by atoms with Crippen molar-refractivity contribution in [2.24, 2.45) is 0 Å². The van der Waals surface area contributed by atoms with E-state index in [0.29, 0.717) is 11.5 Å². The Kier molecular flexibility index (Phi) is 4.16. The molecule has 108 valence electrons. The highest BCUT2D eigenvalue weighted by Crippen LogP contribution is 2.27. The molecule has 0 aliphatic carbocycles. The van der Waals surface area contributed by atoms with Crippen molar-refractivity contribution in [3.05, 3.63) is 27.9 Å². The molecule has 7 heteroatoms. The van der Waals surface area contributed by atoms with Gasteiger partial charge >= 0.3 is 5.97 Å². The Labute approximate surface area is 116 Å². The second-order valence-electron chi connectivity index (χ2n) is 4.97. The monoisotopic (exact) mass is 279 g/mol. The highest BCUT2D eigenvalue weighted by molar-refractivity contribution is 5.68. The van der Waals surface area contributed by atoms with E-state index in [1.165, 1.54) is 6.07 Å². The van der Waals surface area contributed by atoms with Crippen LogP contribution in [0.4, 0.5) is 11.5 Å². The van der Waals surface area contributed by atoms with E-state index in [4.69, 9.17) is 5.11 Å². The van der Waals surface area contributed by atoms with E-state index in [0.717, 1.165) is 25.8 Å². The summed E-state index contributed by atoms with van der Waals surface area (Å²) in [6, 6.07) is 2.95. The maximum atomic E-state index is 10.9. The molecule has 0 radical (unpaired) electrons. The first-order valence-electron chi connectivity index (χ1n) is 6.59. The third-order valence-corrected chi connectivity index (χ3v) is 3.57. The quantitative estimate of drug-likeness (QED) is 0.670. The lowest BCUT2D eigenvalue weighted by molar-refractivity contribution is -0.385. The molecule has 1 saturated heterocycles. The molecule has 1 aromatic rings. The first-order valence-corrected chi connectivity index (χ1v) is 6.59. The van der Waals surface area contributed by atoms with Gasteiger partial charge in [0, 0.05) is 18.7 Å². The largest absolute Gasteiger partial charge is 0.481 e. The fourth-order valence-corrected chi connectivity index (χ4v) is 2.61. The second kappa shape index (κ2) is 5.85. The van der Waals surface area contributed by atoms with E-state index in [2.05, 4.69) is 4.98 Å². The Morgan fingerprint density at radius 3 is 2.90 bits per heavy atom. The summed E-state index contributed by atoms with van der Waals surface area (Å²) in [5.41, 5.74) is 0.340. The van der Waals surface area contributed by atoms with Gasteiger partial charge in [-0.1, -0.05) is 0 Å². The minimum absolute atomic E-state index is 0.0134. The predicted octanol–water partition coefficient (Wildman–Crippen LogP) is 2.13. The zero-order chi connectivity index (χ0) is 14.7. The van der Waals surface area contributed by atoms with Gasteiger partial charge in [-0.3, -0.25) is 14.9 Å². The van der Waals surface area contributed by atoms with Crippen LogP contribution in [0.1, 0.15) is 31.4 Å². The third-order valence-electron chi connectivity index (χ3n) is 3.57. The number of hydrogen-bond donors (Lipinski definition) is 1. The van der Waals surface area contributed by atoms with Crippen LogP contribution in [0.2, 0.25) is 0 Å². The fraction of sp³-hybridized carbons (Fsp3) is 0.538. The molecule has 0 saturated carbocycles. The molecule has 0 aromatic carbocycles. The molecule has 1 aliphatic heterocycles. The van der Waals surface area contributed by atoms with Gasteiger partial charge in [0.2, 0.25) is 0 Å². The molecule has 0 spiro atoms. The summed E-state index contributed by atoms with van der Waals surface area (Å²) in [6.07, 6.45) is 2.86. The van der Waals surface area contributed by atoms with Crippen LogP contribution >= 0.6 is 0 Å². The van der Waals surface area contributed by atoms with Gasteiger partial charge < -0.3 is 10.0 Å². The summed E-state index contributed by atoms with van der Waals surface area (Å²) in [7, 11) is 0. The smallest absolute Gasteiger partial charge is 0.305 e. The molecule has 1 aliphatic rings. The summed E-state index contributed by atoms with van der Waals surface area (Å²) < 4.78 is 0. The van der Waals surface area contributed by atoms with Gasteiger partial charge in [0.25, 0.3) is 5.69 Å². The number of pyridine rings is 1. The third kappa shape index (κ3) is 3.04. The van der Waals surface area contributed by atoms with Crippen molar-refractivity contribution in [3.63, 3.8) is 0 Å². The maximum Gasteiger partial charge on any atom is 0.305 e. The van der Waals surface area contributed by atoms with E-state index in [9.17, 15) is 14.9 Å². The minimum Gasteiger partial charge on any atom is -0.481 e. The molecule has 20 heavy (non-hydrogen) atoms. The van der Waals surface area contributed by atoms with Gasteiger partial charge in [0.15, 0.2) is 0 Å². The van der Waals surface area contributed by atoms with Crippen LogP contribution in [0.25, 0.3) is 0 Å². The Morgan fingerprint density at radius 2 is 2.30 bits per heavy atom. The molecule has 2 heterocycles. The Morgan fingerprint density at radius 1 is 1.55 bits per heavy atom. The van der Waals surface area contributed by atoms with Crippen LogP contribution in [0, 0.1) is 17.0 Å². The van der Waals surface area contributed by atoms with Crippen molar-refractivity contribution < 1.29 is 14.8 Å². The van der Waals surface area contributed by atoms with Crippen LogP contribution in [0.15, 0.2) is 12.1 Å². The summed E-state index contributed by atoms with van der Waals surface area (Å²) in [5.74, 6) is -0.209. The number of rotatable bonds is 4. The number of hydrogen-bond acceptors (Lipinski definition) is 5. The average Bonchev–Trinajstić information content (AvgIpc) is 2.38. The number of aryl methyl sites for hydroxylation is 1. The zero-order valence-corrected chi connectivity index (χ0v) is 11.3. The van der Waals surface area contributed by atoms with Gasteiger partial charge in [-0.25, -0.2) is 4.98 Å². The molecular formula is C13H17N3O4. The van der Waals surface area contributed by atoms with Crippen LogP contribution in [-0.2, 0) is 4.79 Å². The standard InChI is InChI=1S/C13H17N3O4/c1-9-11(16(19)20)5-6-12(14-9)15-7-3-2-4-10(15)8-13(17)18/h5-6,10H,2-4,7-8H2,1H3,(H,17,18). The summed E-state index contributed by atoms with van der Waals surface area (Å²) in [6.45, 7) is 2.33. The normalized spacial score (nSPS) is 18.9. The van der Waals surface area contributed by atoms with Crippen molar-refractivity contribution in [2.75, 3.05) is 11.4 Å². The fourth-order valence-electron chi connectivity index (χ4n) is 2.61. The Bertz CT molecular complexity index is 532. The summed E-state index contributed by atoms with van der Waals surface area (Å²) in [5, 5.41) is 19.8. The lowest BCUT2D eigenvalue weighted by Crippen LogP contribution is -2.41. The molecule has 0 bridgehead atoms. The highest BCUT2D eigenvalue weighted by atomic mass is 16.6. The molecule has 2 rings (SSSR count). The lowest BCUT2D eigenvalue weighted by Gasteiger charge is -2.36. The molecule has 1 fully saturated rings. The second-order valence-corrected chi connectivity index (χ2v) is 4.97. The number of carboxylic acid groups (broad SMARTS) is 1. The van der Waals surface area contributed by atoms with Crippen LogP contribution in [0.5, 0.6) is 0 Å². The highest BCUT2D eigenvalue weighted by Gasteiger charge is 2.26. The van der Waals surface area contributed by atoms with Crippen molar-refractivity contribution >= 4 is 17.5 Å². The number of piperidine rings is 1. The molecule has 1 N–H and O–H groups in total. The minimum atomic E-state index is -0.833. The number of aliphatic carboxylic acids is 1. The van der Waals surface area contributed by atoms with Crippen LogP contribution in [0.3, 0.4) is 0 Å². The first kappa shape index (κ1) is 14.2. The average molecular weight is 279 g/mol. The van der Waals surface area contributed by atoms with E-state index < -0.39 is 10.9 Å². The summed E-state index contributed by atoms with van der Waals surface area (Å²) in [4.78, 5) is 27.5. The number of nitrogens with zero attached hydrogens (tertiary/aromatic N) is 3. The van der Waals surface area contributed by atoms with Gasteiger partial charge in [0.05, 0.1) is 11.3 Å². The lowest BCUT2D eigenvalue weighted by atomic mass is 9.99. The molecule has 0 amide bonds. The van der Waals surface area contributed by atoms with Crippen molar-refractivity contribution in [1.29, 1.82) is 0 Å². The number of aromatic nitrogens is 1. The summed E-state index contributed by atoms with van der Waals surface area (Å²) >= 11 is 0. The van der Waals surface area contributed by atoms with Crippen molar-refractivity contribution in [3.8, 4) is 0 Å². The predicted molar refractivity (Wildman–Crippen MR) is 72.9 cm³/mol. The van der Waals surface area contributed by atoms with Gasteiger partial charge in [-0.2, -0.15) is 0 Å². The molecule has 7 nitrogen and oxygen atoms in total. The van der Waals surface area contributed by atoms with Gasteiger partial charge in [-0.05, 0) is 32.3 Å². The SMILES string of the molecule is Cc1nc(N2CCCCC2CC(=O)O)ccc1[N+](=O)[O-]. The molecule has 1 unspecified atom stereocenters. The molecule has 1 atom stereocenters. The zero-order valence-electron chi connectivity index (χ0n) is 11.3. The van der Waals surface area contributed by atoms with E-state index in [-0.39, 0.29) is 18.2 Å². The number of carbonyl (C=O) groups is 1. The molecular weight excluding hydrogens is 262 g/mol. The maximum absolute atomic E-state index is 10.9. The van der Waals surface area contributed by atoms with E-state index >= 15 is 0 Å². The Hall–Kier alpha value is -2.18. The van der Waals surface area contributed by atoms with Gasteiger partial charge in [-0.15, -0.1) is 0 Å².